The van der Waals surface area contributed by atoms with E-state index >= 15 is 0 Å². The molecule has 2 aromatic carbocycles. The Labute approximate surface area is 168 Å². The van der Waals surface area contributed by atoms with Gasteiger partial charge in [0.15, 0.2) is 0 Å². The summed E-state index contributed by atoms with van der Waals surface area (Å²) in [5.41, 5.74) is 1.48. The molecule has 0 heterocycles. The lowest BCUT2D eigenvalue weighted by Gasteiger charge is -2.15. The van der Waals surface area contributed by atoms with E-state index in [1.54, 1.807) is 62.8 Å². The first-order valence-corrected chi connectivity index (χ1v) is 8.96. The second kappa shape index (κ2) is 10.7. The molecule has 8 heteroatoms. The molecule has 1 unspecified atom stereocenters. The first-order valence-electron chi connectivity index (χ1n) is 8.96. The fraction of sp³-hybridized carbons (Fsp3) is 0.286. The van der Waals surface area contributed by atoms with Crippen LogP contribution in [0.3, 0.4) is 0 Å². The number of carboxylic acid groups (broad SMARTS) is 1. The van der Waals surface area contributed by atoms with Gasteiger partial charge in [0, 0.05) is 6.54 Å². The number of ether oxygens (including phenoxy) is 2. The Kier molecular flexibility index (Phi) is 8.02. The van der Waals surface area contributed by atoms with Gasteiger partial charge in [0.1, 0.15) is 17.5 Å². The number of carbonyl (C=O) groups excluding carboxylic acids is 2. The highest BCUT2D eigenvalue weighted by Gasteiger charge is 2.21. The molecule has 1 atom stereocenters. The van der Waals surface area contributed by atoms with Gasteiger partial charge in [-0.2, -0.15) is 0 Å². The average molecular weight is 400 g/mol. The van der Waals surface area contributed by atoms with Crippen LogP contribution in [0.4, 0.5) is 0 Å². The van der Waals surface area contributed by atoms with E-state index in [4.69, 9.17) is 9.47 Å². The van der Waals surface area contributed by atoms with Crippen molar-refractivity contribution in [2.45, 2.75) is 18.9 Å². The maximum Gasteiger partial charge on any atom is 0.328 e. The second-order valence-corrected chi connectivity index (χ2v) is 6.31. The van der Waals surface area contributed by atoms with Gasteiger partial charge in [-0.25, -0.2) is 4.79 Å². The van der Waals surface area contributed by atoms with Crippen molar-refractivity contribution in [3.05, 3.63) is 59.7 Å². The summed E-state index contributed by atoms with van der Waals surface area (Å²) >= 11 is 0. The van der Waals surface area contributed by atoms with Crippen LogP contribution in [0.25, 0.3) is 0 Å². The average Bonchev–Trinajstić information content (AvgIpc) is 2.72. The van der Waals surface area contributed by atoms with Crippen molar-refractivity contribution in [2.75, 3.05) is 20.8 Å². The fourth-order valence-electron chi connectivity index (χ4n) is 2.58. The van der Waals surface area contributed by atoms with E-state index in [-0.39, 0.29) is 25.3 Å². The molecule has 0 aliphatic heterocycles. The van der Waals surface area contributed by atoms with Gasteiger partial charge in [0.25, 0.3) is 0 Å². The smallest absolute Gasteiger partial charge is 0.328 e. The molecule has 8 nitrogen and oxygen atoms in total. The van der Waals surface area contributed by atoms with Crippen molar-refractivity contribution in [3.8, 4) is 11.5 Å². The molecule has 2 rings (SSSR count). The standard InChI is InChI=1S/C21H24N2O6/c1-28-16-7-3-14(4-8-16)11-19(24)22-13-18(21(26)27)23-20(25)12-15-5-9-17(29-2)10-6-15/h3-10,18H,11-13H2,1-2H3,(H,22,24)(H,23,25)(H,26,27). The van der Waals surface area contributed by atoms with Gasteiger partial charge in [-0.1, -0.05) is 24.3 Å². The minimum absolute atomic E-state index is 0.0214. The molecule has 0 aliphatic carbocycles. The Morgan fingerprint density at radius 3 is 1.69 bits per heavy atom. The van der Waals surface area contributed by atoms with Crippen molar-refractivity contribution >= 4 is 17.8 Å². The van der Waals surface area contributed by atoms with Gasteiger partial charge in [0.2, 0.25) is 11.8 Å². The summed E-state index contributed by atoms with van der Waals surface area (Å²) in [5.74, 6) is -0.674. The zero-order chi connectivity index (χ0) is 21.2. The highest BCUT2D eigenvalue weighted by atomic mass is 16.5. The normalized spacial score (nSPS) is 11.2. The maximum absolute atomic E-state index is 12.1. The van der Waals surface area contributed by atoms with Crippen LogP contribution in [0.5, 0.6) is 11.5 Å². The molecule has 0 bridgehead atoms. The quantitative estimate of drug-likeness (QED) is 0.552. The Morgan fingerprint density at radius 1 is 0.828 bits per heavy atom. The minimum atomic E-state index is -1.22. The molecule has 2 amide bonds. The van der Waals surface area contributed by atoms with E-state index < -0.39 is 17.9 Å². The Balaban J connectivity index is 1.84. The summed E-state index contributed by atoms with van der Waals surface area (Å²) in [5, 5.41) is 14.3. The van der Waals surface area contributed by atoms with Crippen LogP contribution in [-0.4, -0.2) is 49.7 Å². The molecule has 0 fully saturated rings. The zero-order valence-electron chi connectivity index (χ0n) is 16.3. The Hall–Kier alpha value is -3.55. The number of hydrogen-bond acceptors (Lipinski definition) is 5. The lowest BCUT2D eigenvalue weighted by Crippen LogP contribution is -2.49. The molecule has 0 spiro atoms. The van der Waals surface area contributed by atoms with Gasteiger partial charge in [-0.05, 0) is 35.4 Å². The number of hydrogen-bond donors (Lipinski definition) is 3. The van der Waals surface area contributed by atoms with Crippen molar-refractivity contribution in [2.24, 2.45) is 0 Å². The number of carboxylic acids is 1. The van der Waals surface area contributed by atoms with Crippen LogP contribution >= 0.6 is 0 Å². The molecule has 0 aliphatic rings. The lowest BCUT2D eigenvalue weighted by molar-refractivity contribution is -0.141. The first kappa shape index (κ1) is 21.7. The molecule has 154 valence electrons. The lowest BCUT2D eigenvalue weighted by atomic mass is 10.1. The number of rotatable bonds is 10. The molecular formula is C21H24N2O6. The van der Waals surface area contributed by atoms with Gasteiger partial charge in [0.05, 0.1) is 27.1 Å². The van der Waals surface area contributed by atoms with Crippen LogP contribution in [0.2, 0.25) is 0 Å². The number of benzene rings is 2. The predicted octanol–water partition coefficient (Wildman–Crippen LogP) is 1.17. The van der Waals surface area contributed by atoms with E-state index in [2.05, 4.69) is 10.6 Å². The summed E-state index contributed by atoms with van der Waals surface area (Å²) in [7, 11) is 3.10. The van der Waals surface area contributed by atoms with Gasteiger partial charge >= 0.3 is 5.97 Å². The van der Waals surface area contributed by atoms with Crippen molar-refractivity contribution < 1.29 is 29.0 Å². The van der Waals surface area contributed by atoms with E-state index in [1.807, 2.05) is 0 Å². The van der Waals surface area contributed by atoms with Gasteiger partial charge in [-0.15, -0.1) is 0 Å². The SMILES string of the molecule is COc1ccc(CC(=O)NCC(NC(=O)Cc2ccc(OC)cc2)C(=O)O)cc1. The largest absolute Gasteiger partial charge is 0.497 e. The molecule has 0 radical (unpaired) electrons. The third kappa shape index (κ3) is 7.17. The van der Waals surface area contributed by atoms with Crippen molar-refractivity contribution in [3.63, 3.8) is 0 Å². The van der Waals surface area contributed by atoms with Crippen LogP contribution in [0.1, 0.15) is 11.1 Å². The predicted molar refractivity (Wildman–Crippen MR) is 106 cm³/mol. The summed E-state index contributed by atoms with van der Waals surface area (Å²) in [6, 6.07) is 12.7. The summed E-state index contributed by atoms with van der Waals surface area (Å²) in [4.78, 5) is 35.6. The molecule has 0 aromatic heterocycles. The number of aliphatic carboxylic acids is 1. The summed E-state index contributed by atoms with van der Waals surface area (Å²) < 4.78 is 10.1. The molecule has 29 heavy (non-hydrogen) atoms. The zero-order valence-corrected chi connectivity index (χ0v) is 16.3. The van der Waals surface area contributed by atoms with Gasteiger partial charge in [-0.3, -0.25) is 9.59 Å². The second-order valence-electron chi connectivity index (χ2n) is 6.31. The first-order chi connectivity index (χ1) is 13.9. The van der Waals surface area contributed by atoms with Crippen LogP contribution in [0.15, 0.2) is 48.5 Å². The molecule has 2 aromatic rings. The maximum atomic E-state index is 12.1. The van der Waals surface area contributed by atoms with Crippen molar-refractivity contribution in [1.82, 2.24) is 10.6 Å². The molecule has 0 saturated heterocycles. The third-order valence-electron chi connectivity index (χ3n) is 4.18. The number of amides is 2. The van der Waals surface area contributed by atoms with Crippen LogP contribution < -0.4 is 20.1 Å². The highest BCUT2D eigenvalue weighted by Crippen LogP contribution is 2.12. The van der Waals surface area contributed by atoms with E-state index in [9.17, 15) is 19.5 Å². The minimum Gasteiger partial charge on any atom is -0.497 e. The van der Waals surface area contributed by atoms with E-state index in [0.29, 0.717) is 11.5 Å². The van der Waals surface area contributed by atoms with E-state index in [0.717, 1.165) is 11.1 Å². The Bertz CT molecular complexity index is 833. The van der Waals surface area contributed by atoms with Gasteiger partial charge < -0.3 is 25.2 Å². The third-order valence-corrected chi connectivity index (χ3v) is 4.18. The number of methoxy groups -OCH3 is 2. The molecule has 0 saturated carbocycles. The molecular weight excluding hydrogens is 376 g/mol. The number of carbonyl (C=O) groups is 3. The monoisotopic (exact) mass is 400 g/mol. The topological polar surface area (TPSA) is 114 Å². The number of nitrogens with one attached hydrogen (secondary N) is 2. The highest BCUT2D eigenvalue weighted by molar-refractivity contribution is 5.86. The van der Waals surface area contributed by atoms with Crippen LogP contribution in [-0.2, 0) is 27.2 Å². The fourth-order valence-corrected chi connectivity index (χ4v) is 2.58. The Morgan fingerprint density at radius 2 is 1.28 bits per heavy atom. The molecule has 3 N–H and O–H groups in total. The summed E-state index contributed by atoms with van der Waals surface area (Å²) in [6.07, 6.45) is 0.115. The van der Waals surface area contributed by atoms with Crippen LogP contribution in [0, 0.1) is 0 Å². The van der Waals surface area contributed by atoms with Crippen molar-refractivity contribution in [1.29, 1.82) is 0 Å². The summed E-state index contributed by atoms with van der Waals surface area (Å²) in [6.45, 7) is -0.210. The van der Waals surface area contributed by atoms with E-state index in [1.165, 1.54) is 0 Å².